The van der Waals surface area contributed by atoms with Gasteiger partial charge in [-0.05, 0) is 19.9 Å². The highest BCUT2D eigenvalue weighted by Gasteiger charge is 2.16. The van der Waals surface area contributed by atoms with Gasteiger partial charge in [-0.25, -0.2) is 0 Å². The molecular weight excluding hydrogens is 278 g/mol. The Kier molecular flexibility index (Phi) is 3.64. The molecule has 4 heteroatoms. The lowest BCUT2D eigenvalue weighted by Gasteiger charge is -2.12. The van der Waals surface area contributed by atoms with E-state index in [0.29, 0.717) is 0 Å². The number of hydrogen-bond donors (Lipinski definition) is 1. The van der Waals surface area contributed by atoms with Gasteiger partial charge in [0.15, 0.2) is 0 Å². The highest BCUT2D eigenvalue weighted by atomic mass is 79.9. The molecule has 17 heavy (non-hydrogen) atoms. The van der Waals surface area contributed by atoms with Crippen molar-refractivity contribution < 1.29 is 0 Å². The Hall–Kier alpha value is -1.13. The van der Waals surface area contributed by atoms with Crippen LogP contribution in [0.25, 0.3) is 11.3 Å². The maximum atomic E-state index is 6.00. The van der Waals surface area contributed by atoms with E-state index in [2.05, 4.69) is 34.0 Å². The van der Waals surface area contributed by atoms with Gasteiger partial charge in [-0.2, -0.15) is 5.10 Å². The van der Waals surface area contributed by atoms with Crippen LogP contribution < -0.4 is 5.73 Å². The van der Waals surface area contributed by atoms with Gasteiger partial charge in [0.1, 0.15) is 0 Å². The molecule has 0 bridgehead atoms. The normalized spacial score (nSPS) is 12.7. The fourth-order valence-electron chi connectivity index (χ4n) is 1.92. The number of aromatic nitrogens is 2. The zero-order valence-electron chi connectivity index (χ0n) is 10.0. The van der Waals surface area contributed by atoms with Crippen molar-refractivity contribution in [3.05, 3.63) is 40.5 Å². The van der Waals surface area contributed by atoms with Crippen LogP contribution in [0, 0.1) is 0 Å². The third-order valence-electron chi connectivity index (χ3n) is 2.79. The lowest BCUT2D eigenvalue weighted by atomic mass is 10.0. The molecule has 1 aromatic carbocycles. The second kappa shape index (κ2) is 5.02. The molecule has 90 valence electrons. The minimum atomic E-state index is -0.0163. The van der Waals surface area contributed by atoms with Crippen molar-refractivity contribution in [2.75, 3.05) is 0 Å². The summed E-state index contributed by atoms with van der Waals surface area (Å²) in [4.78, 5) is 0. The number of hydrogen-bond acceptors (Lipinski definition) is 2. The Morgan fingerprint density at radius 2 is 2.12 bits per heavy atom. The minimum Gasteiger partial charge on any atom is -0.324 e. The third-order valence-corrected chi connectivity index (χ3v) is 3.48. The van der Waals surface area contributed by atoms with Gasteiger partial charge in [0.25, 0.3) is 0 Å². The highest BCUT2D eigenvalue weighted by molar-refractivity contribution is 9.10. The summed E-state index contributed by atoms with van der Waals surface area (Å²) in [5, 5.41) is 4.39. The average Bonchev–Trinajstić information content (AvgIpc) is 2.73. The fraction of sp³-hybridized carbons (Fsp3) is 0.308. The van der Waals surface area contributed by atoms with Crippen molar-refractivity contribution >= 4 is 15.9 Å². The molecule has 0 aliphatic rings. The number of rotatable bonds is 3. The fourth-order valence-corrected chi connectivity index (χ4v) is 2.39. The smallest absolute Gasteiger partial charge is 0.0741 e. The van der Waals surface area contributed by atoms with E-state index < -0.39 is 0 Å². The van der Waals surface area contributed by atoms with Crippen LogP contribution in [0.2, 0.25) is 0 Å². The summed E-state index contributed by atoms with van der Waals surface area (Å²) in [6, 6.07) is 8.13. The summed E-state index contributed by atoms with van der Waals surface area (Å²) in [6.07, 6.45) is 1.86. The van der Waals surface area contributed by atoms with Crippen LogP contribution in [0.1, 0.15) is 25.5 Å². The summed E-state index contributed by atoms with van der Waals surface area (Å²) in [5.41, 5.74) is 9.33. The third kappa shape index (κ3) is 2.28. The predicted octanol–water partition coefficient (Wildman–Crippen LogP) is 3.35. The Balaban J connectivity index is 2.64. The highest BCUT2D eigenvalue weighted by Crippen LogP contribution is 2.32. The Bertz CT molecular complexity index is 517. The second-order valence-corrected chi connectivity index (χ2v) is 4.89. The van der Waals surface area contributed by atoms with Gasteiger partial charge in [-0.1, -0.05) is 34.1 Å². The summed E-state index contributed by atoms with van der Waals surface area (Å²) in [5.74, 6) is 0. The van der Waals surface area contributed by atoms with Crippen LogP contribution in [-0.4, -0.2) is 9.78 Å². The van der Waals surface area contributed by atoms with E-state index in [0.717, 1.165) is 27.8 Å². The standard InChI is InChI=1S/C13H16BrN3/c1-3-17-13(11(8-16-17)9(2)15)10-6-4-5-7-12(10)14/h4-9H,3,15H2,1-2H3. The molecule has 0 aliphatic carbocycles. The van der Waals surface area contributed by atoms with Crippen LogP contribution in [0.3, 0.4) is 0 Å². The van der Waals surface area contributed by atoms with Crippen LogP contribution in [0.5, 0.6) is 0 Å². The molecule has 0 fully saturated rings. The Morgan fingerprint density at radius 1 is 1.41 bits per heavy atom. The molecule has 0 aliphatic heterocycles. The number of nitrogens with zero attached hydrogens (tertiary/aromatic N) is 2. The Labute approximate surface area is 110 Å². The van der Waals surface area contributed by atoms with Crippen molar-refractivity contribution in [3.8, 4) is 11.3 Å². The maximum absolute atomic E-state index is 6.00. The van der Waals surface area contributed by atoms with Gasteiger partial charge in [-0.3, -0.25) is 4.68 Å². The van der Waals surface area contributed by atoms with E-state index in [1.165, 1.54) is 0 Å². The molecule has 1 heterocycles. The van der Waals surface area contributed by atoms with Gasteiger partial charge in [0.2, 0.25) is 0 Å². The summed E-state index contributed by atoms with van der Waals surface area (Å²) >= 11 is 3.58. The van der Waals surface area contributed by atoms with E-state index in [1.807, 2.05) is 36.0 Å². The molecule has 1 unspecified atom stereocenters. The first-order valence-corrected chi connectivity index (χ1v) is 6.50. The van der Waals surface area contributed by atoms with Crippen molar-refractivity contribution in [3.63, 3.8) is 0 Å². The van der Waals surface area contributed by atoms with Crippen molar-refractivity contribution in [2.24, 2.45) is 5.73 Å². The molecule has 1 atom stereocenters. The topological polar surface area (TPSA) is 43.8 Å². The lowest BCUT2D eigenvalue weighted by Crippen LogP contribution is -2.07. The van der Waals surface area contributed by atoms with E-state index in [-0.39, 0.29) is 6.04 Å². The molecule has 1 aromatic heterocycles. The first-order chi connectivity index (χ1) is 8.15. The largest absolute Gasteiger partial charge is 0.324 e. The number of benzene rings is 1. The summed E-state index contributed by atoms with van der Waals surface area (Å²) in [6.45, 7) is 4.90. The van der Waals surface area contributed by atoms with Crippen LogP contribution in [0.15, 0.2) is 34.9 Å². The molecule has 0 saturated heterocycles. The molecule has 3 nitrogen and oxygen atoms in total. The molecule has 0 saturated carbocycles. The molecule has 0 spiro atoms. The van der Waals surface area contributed by atoms with E-state index in [9.17, 15) is 0 Å². The first-order valence-electron chi connectivity index (χ1n) is 5.71. The molecule has 2 rings (SSSR count). The van der Waals surface area contributed by atoms with Gasteiger partial charge in [0, 0.05) is 28.2 Å². The average molecular weight is 294 g/mol. The zero-order chi connectivity index (χ0) is 12.4. The van der Waals surface area contributed by atoms with Gasteiger partial charge >= 0.3 is 0 Å². The van der Waals surface area contributed by atoms with Crippen molar-refractivity contribution in [1.29, 1.82) is 0 Å². The van der Waals surface area contributed by atoms with E-state index >= 15 is 0 Å². The molecule has 2 N–H and O–H groups in total. The second-order valence-electron chi connectivity index (χ2n) is 4.03. The van der Waals surface area contributed by atoms with E-state index in [1.54, 1.807) is 0 Å². The molecule has 2 aromatic rings. The molecule has 0 radical (unpaired) electrons. The number of halogens is 1. The number of nitrogens with two attached hydrogens (primary N) is 1. The summed E-state index contributed by atoms with van der Waals surface area (Å²) in [7, 11) is 0. The first kappa shape index (κ1) is 12.3. The van der Waals surface area contributed by atoms with Gasteiger partial charge in [0.05, 0.1) is 11.9 Å². The zero-order valence-corrected chi connectivity index (χ0v) is 11.6. The minimum absolute atomic E-state index is 0.0163. The van der Waals surface area contributed by atoms with Crippen LogP contribution in [-0.2, 0) is 6.54 Å². The predicted molar refractivity (Wildman–Crippen MR) is 73.6 cm³/mol. The number of aryl methyl sites for hydroxylation is 1. The monoisotopic (exact) mass is 293 g/mol. The van der Waals surface area contributed by atoms with Crippen LogP contribution >= 0.6 is 15.9 Å². The summed E-state index contributed by atoms with van der Waals surface area (Å²) < 4.78 is 3.05. The van der Waals surface area contributed by atoms with Crippen molar-refractivity contribution in [2.45, 2.75) is 26.4 Å². The van der Waals surface area contributed by atoms with E-state index in [4.69, 9.17) is 5.73 Å². The lowest BCUT2D eigenvalue weighted by molar-refractivity contribution is 0.665. The SMILES string of the molecule is CCn1ncc(C(C)N)c1-c1ccccc1Br. The van der Waals surface area contributed by atoms with Gasteiger partial charge in [-0.15, -0.1) is 0 Å². The maximum Gasteiger partial charge on any atom is 0.0741 e. The molecule has 0 amide bonds. The van der Waals surface area contributed by atoms with Crippen LogP contribution in [0.4, 0.5) is 0 Å². The van der Waals surface area contributed by atoms with Crippen molar-refractivity contribution in [1.82, 2.24) is 9.78 Å². The van der Waals surface area contributed by atoms with Gasteiger partial charge < -0.3 is 5.73 Å². The Morgan fingerprint density at radius 3 is 2.71 bits per heavy atom. The molecular formula is C13H16BrN3. The quantitative estimate of drug-likeness (QED) is 0.943.